The average Bonchev–Trinajstić information content (AvgIpc) is 3.03. The summed E-state index contributed by atoms with van der Waals surface area (Å²) in [4.78, 5) is 26.7. The number of carbonyl (C=O) groups is 2. The quantitative estimate of drug-likeness (QED) is 0.373. The molecule has 1 aliphatic rings. The summed E-state index contributed by atoms with van der Waals surface area (Å²) >= 11 is 0. The molecule has 6 nitrogen and oxygen atoms in total. The maximum absolute atomic E-state index is 13.1. The first-order valence-corrected chi connectivity index (χ1v) is 8.72. The van der Waals surface area contributed by atoms with E-state index in [0.717, 1.165) is 9.60 Å². The molecule has 1 aliphatic heterocycles. The summed E-state index contributed by atoms with van der Waals surface area (Å²) in [6, 6.07) is 21.5. The van der Waals surface area contributed by atoms with E-state index in [1.165, 1.54) is 0 Å². The lowest BCUT2D eigenvalue weighted by Crippen LogP contribution is -2.31. The number of urea groups is 2. The first-order chi connectivity index (χ1) is 13.7. The van der Waals surface area contributed by atoms with Gasteiger partial charge in [0.15, 0.2) is 5.69 Å². The number of nitrogens with zero attached hydrogens (tertiary/aromatic N) is 3. The molecule has 6 heteroatoms. The van der Waals surface area contributed by atoms with E-state index in [-0.39, 0.29) is 5.75 Å². The van der Waals surface area contributed by atoms with Crippen molar-refractivity contribution in [2.45, 2.75) is 0 Å². The third kappa shape index (κ3) is 2.21. The number of anilines is 1. The van der Waals surface area contributed by atoms with Gasteiger partial charge in [-0.1, -0.05) is 82.1 Å². The highest BCUT2D eigenvalue weighted by Crippen LogP contribution is 2.42. The standard InChI is InChI=1S/C22H13N3O3/c26-20-17-12-6-4-10-15(17)19(16-11-5-7-13-18(16)20)25-22(28)24(21(27)23-25)14-8-2-1-3-9-14/h1-13H. The van der Waals surface area contributed by atoms with Crippen LogP contribution in [-0.2, 0) is 0 Å². The van der Waals surface area contributed by atoms with Crippen molar-refractivity contribution in [3.63, 3.8) is 0 Å². The zero-order valence-electron chi connectivity index (χ0n) is 14.6. The number of benzene rings is 4. The van der Waals surface area contributed by atoms with E-state index in [0.29, 0.717) is 32.9 Å². The number of azo groups is 2. The summed E-state index contributed by atoms with van der Waals surface area (Å²) < 4.78 is 1.10. The molecule has 0 aromatic heterocycles. The van der Waals surface area contributed by atoms with Gasteiger partial charge in [0, 0.05) is 15.9 Å². The molecule has 4 aromatic carbocycles. The Morgan fingerprint density at radius 2 is 1.21 bits per heavy atom. The fraction of sp³-hybridized carbons (Fsp3) is 0. The Morgan fingerprint density at radius 3 is 1.79 bits per heavy atom. The lowest BCUT2D eigenvalue weighted by molar-refractivity contribution is -0.391. The zero-order valence-corrected chi connectivity index (χ0v) is 14.6. The smallest absolute Gasteiger partial charge is 0.534 e. The van der Waals surface area contributed by atoms with Crippen LogP contribution in [0.4, 0.5) is 21.0 Å². The summed E-state index contributed by atoms with van der Waals surface area (Å²) in [6.07, 6.45) is 0. The molecule has 0 fully saturated rings. The zero-order chi connectivity index (χ0) is 19.3. The molecule has 28 heavy (non-hydrogen) atoms. The number of carbonyl (C=O) groups excluding carboxylic acids is 2. The van der Waals surface area contributed by atoms with Gasteiger partial charge in [-0.05, 0) is 22.9 Å². The van der Waals surface area contributed by atoms with E-state index < -0.39 is 12.1 Å². The van der Waals surface area contributed by atoms with Gasteiger partial charge in [-0.2, -0.15) is 4.79 Å². The Morgan fingerprint density at radius 1 is 0.714 bits per heavy atom. The molecule has 0 saturated heterocycles. The van der Waals surface area contributed by atoms with Crippen molar-refractivity contribution in [1.29, 1.82) is 0 Å². The normalized spacial score (nSPS) is 14.1. The SMILES string of the molecule is O=C1N=[N+](c2c3ccccc3c([O-])c3ccccc23)C(=O)N1c1ccccc1. The van der Waals surface area contributed by atoms with Gasteiger partial charge in [-0.25, -0.2) is 4.79 Å². The van der Waals surface area contributed by atoms with Gasteiger partial charge in [-0.15, -0.1) is 0 Å². The third-order valence-electron chi connectivity index (χ3n) is 4.83. The number of amides is 4. The van der Waals surface area contributed by atoms with Gasteiger partial charge in [0.05, 0.1) is 0 Å². The topological polar surface area (TPSA) is 75.8 Å². The maximum atomic E-state index is 13.1. The number of fused-ring (bicyclic) bond motifs is 2. The lowest BCUT2D eigenvalue weighted by Gasteiger charge is -2.17. The summed E-state index contributed by atoms with van der Waals surface area (Å²) in [6.45, 7) is 0. The molecular formula is C22H13N3O3. The largest absolute Gasteiger partial charge is 0.872 e. The molecule has 0 radical (unpaired) electrons. The second-order valence-corrected chi connectivity index (χ2v) is 6.42. The molecule has 0 bridgehead atoms. The van der Waals surface area contributed by atoms with Crippen molar-refractivity contribution in [2.24, 2.45) is 5.11 Å². The third-order valence-corrected chi connectivity index (χ3v) is 4.83. The second-order valence-electron chi connectivity index (χ2n) is 6.42. The Balaban J connectivity index is 1.80. The minimum Gasteiger partial charge on any atom is -0.872 e. The predicted molar refractivity (Wildman–Crippen MR) is 103 cm³/mol. The highest BCUT2D eigenvalue weighted by atomic mass is 16.3. The summed E-state index contributed by atoms with van der Waals surface area (Å²) in [5.74, 6) is -0.118. The first kappa shape index (κ1) is 16.1. The summed E-state index contributed by atoms with van der Waals surface area (Å²) in [5.41, 5.74) is 0.875. The van der Waals surface area contributed by atoms with Crippen molar-refractivity contribution in [3.8, 4) is 5.75 Å². The number of imide groups is 1. The van der Waals surface area contributed by atoms with Crippen molar-refractivity contribution in [3.05, 3.63) is 78.9 Å². The van der Waals surface area contributed by atoms with E-state index in [2.05, 4.69) is 5.11 Å². The predicted octanol–water partition coefficient (Wildman–Crippen LogP) is 4.92. The molecule has 134 valence electrons. The fourth-order valence-electron chi connectivity index (χ4n) is 3.59. The highest BCUT2D eigenvalue weighted by molar-refractivity contribution is 6.17. The van der Waals surface area contributed by atoms with E-state index >= 15 is 0 Å². The van der Waals surface area contributed by atoms with Crippen LogP contribution in [0.25, 0.3) is 21.5 Å². The molecule has 0 aliphatic carbocycles. The second kappa shape index (κ2) is 5.99. The molecule has 0 atom stereocenters. The fourth-order valence-corrected chi connectivity index (χ4v) is 3.59. The van der Waals surface area contributed by atoms with Crippen molar-refractivity contribution in [1.82, 2.24) is 0 Å². The van der Waals surface area contributed by atoms with Crippen LogP contribution in [0.2, 0.25) is 0 Å². The van der Waals surface area contributed by atoms with Gasteiger partial charge in [0.2, 0.25) is 0 Å². The molecule has 0 N–H and O–H groups in total. The number of hydrogen-bond donors (Lipinski definition) is 0. The molecule has 0 saturated carbocycles. The van der Waals surface area contributed by atoms with Crippen LogP contribution in [0.3, 0.4) is 0 Å². The van der Waals surface area contributed by atoms with Gasteiger partial charge in [0.1, 0.15) is 5.69 Å². The van der Waals surface area contributed by atoms with Gasteiger partial charge in [-0.3, -0.25) is 0 Å². The Bertz CT molecular complexity index is 1260. The molecule has 5 rings (SSSR count). The Hall–Kier alpha value is -4.06. The number of hydrogen-bond acceptors (Lipinski definition) is 3. The molecular weight excluding hydrogens is 354 g/mol. The number of para-hydroxylation sites is 1. The Kier molecular flexibility index (Phi) is 3.45. The average molecular weight is 367 g/mol. The van der Waals surface area contributed by atoms with Crippen LogP contribution in [0.15, 0.2) is 84.0 Å². The summed E-state index contributed by atoms with van der Waals surface area (Å²) in [7, 11) is 0. The molecule has 4 aromatic rings. The highest BCUT2D eigenvalue weighted by Gasteiger charge is 2.46. The van der Waals surface area contributed by atoms with Gasteiger partial charge < -0.3 is 5.11 Å². The van der Waals surface area contributed by atoms with Crippen LogP contribution in [0.5, 0.6) is 5.75 Å². The van der Waals surface area contributed by atoms with Crippen LogP contribution >= 0.6 is 0 Å². The van der Waals surface area contributed by atoms with Gasteiger partial charge in [0.25, 0.3) is 0 Å². The monoisotopic (exact) mass is 367 g/mol. The van der Waals surface area contributed by atoms with E-state index in [9.17, 15) is 14.7 Å². The molecule has 1 heterocycles. The Labute approximate surface area is 159 Å². The molecule has 0 unspecified atom stereocenters. The summed E-state index contributed by atoms with van der Waals surface area (Å²) in [5, 5.41) is 19.0. The van der Waals surface area contributed by atoms with Crippen LogP contribution in [-0.4, -0.2) is 16.8 Å². The van der Waals surface area contributed by atoms with Crippen molar-refractivity contribution >= 4 is 45.0 Å². The minimum absolute atomic E-state index is 0.118. The van der Waals surface area contributed by atoms with Crippen LogP contribution in [0, 0.1) is 0 Å². The van der Waals surface area contributed by atoms with E-state index in [1.54, 1.807) is 78.9 Å². The lowest BCUT2D eigenvalue weighted by atomic mass is 9.99. The van der Waals surface area contributed by atoms with E-state index in [4.69, 9.17) is 0 Å². The van der Waals surface area contributed by atoms with Crippen molar-refractivity contribution < 1.29 is 19.4 Å². The number of rotatable bonds is 2. The molecule has 4 amide bonds. The van der Waals surface area contributed by atoms with E-state index in [1.807, 2.05) is 0 Å². The minimum atomic E-state index is -0.671. The maximum Gasteiger partial charge on any atom is 0.534 e. The van der Waals surface area contributed by atoms with Crippen molar-refractivity contribution in [2.75, 3.05) is 4.90 Å². The molecule has 0 spiro atoms. The van der Waals surface area contributed by atoms with Crippen LogP contribution < -0.4 is 10.0 Å². The van der Waals surface area contributed by atoms with Gasteiger partial charge >= 0.3 is 12.1 Å². The first-order valence-electron chi connectivity index (χ1n) is 8.72. The van der Waals surface area contributed by atoms with Crippen LogP contribution in [0.1, 0.15) is 0 Å².